The Hall–Kier alpha value is 0. The molecule has 0 radical (unpaired) electrons. The summed E-state index contributed by atoms with van der Waals surface area (Å²) in [4.78, 5) is 0. The van der Waals surface area contributed by atoms with E-state index in [0.29, 0.717) is 0 Å². The molecule has 0 spiro atoms. The Morgan fingerprint density at radius 3 is 1.89 bits per heavy atom. The summed E-state index contributed by atoms with van der Waals surface area (Å²) < 4.78 is 0. The largest absolute Gasteiger partial charge is 0.0654 e. The molecule has 0 saturated heterocycles. The minimum absolute atomic E-state index is 0.915. The molecule has 0 bridgehead atoms. The van der Waals surface area contributed by atoms with E-state index in [9.17, 15) is 0 Å². The van der Waals surface area contributed by atoms with Crippen molar-refractivity contribution < 1.29 is 0 Å². The lowest BCUT2D eigenvalue weighted by molar-refractivity contribution is 0.210. The second-order valence-electron chi connectivity index (χ2n) is 6.62. The molecular weight excluding hydrogens is 216 g/mol. The monoisotopic (exact) mass is 254 g/mol. The highest BCUT2D eigenvalue weighted by Gasteiger charge is 2.22. The maximum absolute atomic E-state index is 2.51. The van der Waals surface area contributed by atoms with Crippen molar-refractivity contribution in [3.05, 3.63) is 0 Å². The summed E-state index contributed by atoms with van der Waals surface area (Å²) in [6.07, 6.45) is 11.2. The predicted molar refractivity (Wildman–Crippen MR) is 84.9 cm³/mol. The van der Waals surface area contributed by atoms with Crippen LogP contribution in [0.3, 0.4) is 0 Å². The molecule has 0 aliphatic carbocycles. The van der Waals surface area contributed by atoms with Crippen LogP contribution in [0.25, 0.3) is 0 Å². The van der Waals surface area contributed by atoms with Crippen LogP contribution in [0.4, 0.5) is 0 Å². The average molecular weight is 255 g/mol. The molecular formula is C18H38. The molecule has 0 aromatic rings. The van der Waals surface area contributed by atoms with Crippen molar-refractivity contribution in [2.75, 3.05) is 0 Å². The van der Waals surface area contributed by atoms with Gasteiger partial charge in [0.15, 0.2) is 0 Å². The lowest BCUT2D eigenvalue weighted by Crippen LogP contribution is -2.20. The van der Waals surface area contributed by atoms with E-state index in [4.69, 9.17) is 0 Å². The fourth-order valence-corrected chi connectivity index (χ4v) is 3.00. The first-order chi connectivity index (χ1) is 8.56. The third-order valence-electron chi connectivity index (χ3n) is 5.04. The molecule has 0 N–H and O–H groups in total. The summed E-state index contributed by atoms with van der Waals surface area (Å²) in [7, 11) is 0. The predicted octanol–water partition coefficient (Wildman–Crippen LogP) is 6.69. The fourth-order valence-electron chi connectivity index (χ4n) is 3.00. The highest BCUT2D eigenvalue weighted by Crippen LogP contribution is 2.32. The quantitative estimate of drug-likeness (QED) is 0.385. The lowest BCUT2D eigenvalue weighted by atomic mass is 9.76. The van der Waals surface area contributed by atoms with Gasteiger partial charge in [-0.2, -0.15) is 0 Å². The standard InChI is InChI=1S/C18H38/c1-7-10-12-16(5)17(6)18(11-8-2)14-13-15(4)9-3/h15-18H,7-14H2,1-6H3/t15?,16?,17-,18?/m0/s1. The minimum atomic E-state index is 0.915. The van der Waals surface area contributed by atoms with Crippen molar-refractivity contribution in [3.63, 3.8) is 0 Å². The van der Waals surface area contributed by atoms with Gasteiger partial charge in [-0.3, -0.25) is 0 Å². The zero-order chi connectivity index (χ0) is 14.0. The van der Waals surface area contributed by atoms with Crippen molar-refractivity contribution in [2.24, 2.45) is 23.7 Å². The molecule has 0 heteroatoms. The maximum atomic E-state index is 2.51. The average Bonchev–Trinajstić information content (AvgIpc) is 2.39. The van der Waals surface area contributed by atoms with E-state index < -0.39 is 0 Å². The van der Waals surface area contributed by atoms with Gasteiger partial charge in [-0.25, -0.2) is 0 Å². The van der Waals surface area contributed by atoms with Crippen LogP contribution in [0.5, 0.6) is 0 Å². The molecule has 0 aromatic heterocycles. The van der Waals surface area contributed by atoms with Gasteiger partial charge in [0.05, 0.1) is 0 Å². The topological polar surface area (TPSA) is 0 Å². The van der Waals surface area contributed by atoms with Crippen LogP contribution in [0.2, 0.25) is 0 Å². The number of rotatable bonds is 11. The van der Waals surface area contributed by atoms with Gasteiger partial charge in [0.1, 0.15) is 0 Å². The molecule has 0 aliphatic heterocycles. The van der Waals surface area contributed by atoms with Gasteiger partial charge in [-0.1, -0.05) is 86.5 Å². The first-order valence-electron chi connectivity index (χ1n) is 8.56. The van der Waals surface area contributed by atoms with Gasteiger partial charge in [-0.05, 0) is 30.1 Å². The Labute approximate surface area is 117 Å². The Morgan fingerprint density at radius 2 is 1.39 bits per heavy atom. The summed E-state index contributed by atoms with van der Waals surface area (Å²) in [6, 6.07) is 0. The van der Waals surface area contributed by atoms with Crippen molar-refractivity contribution in [3.8, 4) is 0 Å². The molecule has 0 aromatic carbocycles. The van der Waals surface area contributed by atoms with E-state index in [1.54, 1.807) is 0 Å². The van der Waals surface area contributed by atoms with Crippen molar-refractivity contribution in [1.29, 1.82) is 0 Å². The second kappa shape index (κ2) is 10.9. The van der Waals surface area contributed by atoms with Gasteiger partial charge in [-0.15, -0.1) is 0 Å². The summed E-state index contributed by atoms with van der Waals surface area (Å²) >= 11 is 0. The molecule has 18 heavy (non-hydrogen) atoms. The molecule has 0 heterocycles. The molecule has 0 saturated carbocycles. The first-order valence-corrected chi connectivity index (χ1v) is 8.56. The van der Waals surface area contributed by atoms with Gasteiger partial charge in [0.25, 0.3) is 0 Å². The number of hydrogen-bond acceptors (Lipinski definition) is 0. The highest BCUT2D eigenvalue weighted by molar-refractivity contribution is 4.72. The summed E-state index contributed by atoms with van der Waals surface area (Å²) in [6.45, 7) is 14.4. The van der Waals surface area contributed by atoms with Crippen molar-refractivity contribution >= 4 is 0 Å². The molecule has 0 aliphatic rings. The first kappa shape index (κ1) is 18.0. The molecule has 0 amide bonds. The zero-order valence-corrected chi connectivity index (χ0v) is 14.0. The van der Waals surface area contributed by atoms with Crippen LogP contribution >= 0.6 is 0 Å². The van der Waals surface area contributed by atoms with E-state index in [1.807, 2.05) is 0 Å². The Morgan fingerprint density at radius 1 is 0.722 bits per heavy atom. The van der Waals surface area contributed by atoms with Gasteiger partial charge in [0.2, 0.25) is 0 Å². The molecule has 3 unspecified atom stereocenters. The van der Waals surface area contributed by atoms with E-state index in [1.165, 1.54) is 51.4 Å². The van der Waals surface area contributed by atoms with Gasteiger partial charge >= 0.3 is 0 Å². The normalized spacial score (nSPS) is 18.3. The van der Waals surface area contributed by atoms with Crippen LogP contribution in [-0.2, 0) is 0 Å². The smallest absolute Gasteiger partial charge is 0.0386 e. The molecule has 0 nitrogen and oxygen atoms in total. The molecule has 0 rings (SSSR count). The Bertz CT molecular complexity index is 173. The van der Waals surface area contributed by atoms with E-state index in [2.05, 4.69) is 41.5 Å². The molecule has 0 fully saturated rings. The van der Waals surface area contributed by atoms with E-state index in [-0.39, 0.29) is 0 Å². The van der Waals surface area contributed by atoms with E-state index in [0.717, 1.165) is 23.7 Å². The van der Waals surface area contributed by atoms with Crippen molar-refractivity contribution in [2.45, 2.75) is 92.9 Å². The third-order valence-corrected chi connectivity index (χ3v) is 5.04. The summed E-state index contributed by atoms with van der Waals surface area (Å²) in [5.74, 6) is 3.72. The van der Waals surface area contributed by atoms with E-state index >= 15 is 0 Å². The van der Waals surface area contributed by atoms with Crippen LogP contribution in [0.15, 0.2) is 0 Å². The molecule has 4 atom stereocenters. The second-order valence-corrected chi connectivity index (χ2v) is 6.62. The number of hydrogen-bond donors (Lipinski definition) is 0. The highest BCUT2D eigenvalue weighted by atomic mass is 14.3. The summed E-state index contributed by atoms with van der Waals surface area (Å²) in [5, 5.41) is 0. The van der Waals surface area contributed by atoms with Crippen LogP contribution in [-0.4, -0.2) is 0 Å². The number of unbranched alkanes of at least 4 members (excludes halogenated alkanes) is 1. The van der Waals surface area contributed by atoms with Crippen molar-refractivity contribution in [1.82, 2.24) is 0 Å². The van der Waals surface area contributed by atoms with Gasteiger partial charge < -0.3 is 0 Å². The maximum Gasteiger partial charge on any atom is -0.0386 e. The lowest BCUT2D eigenvalue weighted by Gasteiger charge is -2.30. The van der Waals surface area contributed by atoms with Crippen LogP contribution in [0, 0.1) is 23.7 Å². The van der Waals surface area contributed by atoms with Crippen LogP contribution in [0.1, 0.15) is 92.9 Å². The Kier molecular flexibility index (Phi) is 10.9. The Balaban J connectivity index is 4.19. The van der Waals surface area contributed by atoms with Crippen LogP contribution < -0.4 is 0 Å². The fraction of sp³-hybridized carbons (Fsp3) is 1.00. The van der Waals surface area contributed by atoms with Gasteiger partial charge in [0, 0.05) is 0 Å². The summed E-state index contributed by atoms with van der Waals surface area (Å²) in [5.41, 5.74) is 0. The minimum Gasteiger partial charge on any atom is -0.0654 e. The zero-order valence-electron chi connectivity index (χ0n) is 14.0. The molecule has 110 valence electrons. The SMILES string of the molecule is CCCCC(C)[C@H](C)C(CCC)CCC(C)CC. The third kappa shape index (κ3) is 7.44.